The first kappa shape index (κ1) is 14.3. The first-order chi connectivity index (χ1) is 8.90. The zero-order valence-electron chi connectivity index (χ0n) is 9.55. The second-order valence-electron chi connectivity index (χ2n) is 3.73. The van der Waals surface area contributed by atoms with Crippen molar-refractivity contribution < 1.29 is 17.6 Å². The van der Waals surface area contributed by atoms with E-state index in [1.807, 2.05) is 0 Å². The van der Waals surface area contributed by atoms with Crippen LogP contribution in [0.2, 0.25) is 0 Å². The monoisotopic (exact) mass is 354 g/mol. The van der Waals surface area contributed by atoms with E-state index < -0.39 is 29.2 Å². The average Bonchev–Trinajstić information content (AvgIpc) is 2.72. The summed E-state index contributed by atoms with van der Waals surface area (Å²) in [7, 11) is 1.34. The maximum absolute atomic E-state index is 13.5. The Labute approximate surface area is 118 Å². The average molecular weight is 355 g/mol. The second-order valence-corrected chi connectivity index (χ2v) is 6.28. The van der Waals surface area contributed by atoms with Crippen LogP contribution in [0.5, 0.6) is 0 Å². The molecule has 0 spiro atoms. The number of pyridine rings is 1. The highest BCUT2D eigenvalue weighted by atomic mass is 79.9. The van der Waals surface area contributed by atoms with Gasteiger partial charge in [0, 0.05) is 11.9 Å². The highest BCUT2D eigenvalue weighted by Gasteiger charge is 2.23. The summed E-state index contributed by atoms with van der Waals surface area (Å²) in [5.41, 5.74) is -0.769. The minimum atomic E-state index is -1.66. The first-order valence-electron chi connectivity index (χ1n) is 5.05. The number of halogens is 5. The van der Waals surface area contributed by atoms with Crippen molar-refractivity contribution in [1.29, 1.82) is 0 Å². The Morgan fingerprint density at radius 2 is 1.74 bits per heavy atom. The lowest BCUT2D eigenvalue weighted by atomic mass is 10.3. The van der Waals surface area contributed by atoms with E-state index in [0.29, 0.717) is 0 Å². The predicted octanol–water partition coefficient (Wildman–Crippen LogP) is 4.10. The lowest BCUT2D eigenvalue weighted by Crippen LogP contribution is -2.20. The molecule has 0 atom stereocenters. The van der Waals surface area contributed by atoms with Gasteiger partial charge in [-0.2, -0.15) is 22.5 Å². The van der Waals surface area contributed by atoms with Crippen LogP contribution in [-0.4, -0.2) is 12.0 Å². The lowest BCUT2D eigenvalue weighted by Gasteiger charge is -2.19. The molecule has 0 fully saturated rings. The summed E-state index contributed by atoms with van der Waals surface area (Å²) in [4.78, 5) is 4.39. The zero-order chi connectivity index (χ0) is 14.2. The lowest BCUT2D eigenvalue weighted by molar-refractivity contribution is 0.407. The van der Waals surface area contributed by atoms with E-state index in [1.165, 1.54) is 18.4 Å². The predicted molar refractivity (Wildman–Crippen MR) is 68.2 cm³/mol. The molecular formula is C11H7BrF4N2S. The van der Waals surface area contributed by atoms with E-state index in [1.54, 1.807) is 12.1 Å². The second kappa shape index (κ2) is 5.46. The molecule has 0 radical (unpaired) electrons. The first-order valence-corrected chi connectivity index (χ1v) is 6.66. The Hall–Kier alpha value is -1.15. The van der Waals surface area contributed by atoms with Gasteiger partial charge in [0.15, 0.2) is 0 Å². The molecule has 0 unspecified atom stereocenters. The molecule has 8 heteroatoms. The zero-order valence-corrected chi connectivity index (χ0v) is 12.0. The smallest absolute Gasteiger partial charge is 0.253 e. The number of anilines is 1. The Bertz CT molecular complexity index is 591. The van der Waals surface area contributed by atoms with E-state index in [0.717, 1.165) is 13.6 Å². The van der Waals surface area contributed by atoms with Crippen molar-refractivity contribution in [3.05, 3.63) is 44.3 Å². The summed E-state index contributed by atoms with van der Waals surface area (Å²) in [5.74, 6) is -6.32. The number of hydrogen-bond acceptors (Lipinski definition) is 3. The van der Waals surface area contributed by atoms with Crippen LogP contribution < -0.4 is 4.90 Å². The van der Waals surface area contributed by atoms with Crippen molar-refractivity contribution >= 4 is 33.0 Å². The van der Waals surface area contributed by atoms with Gasteiger partial charge in [0.2, 0.25) is 11.6 Å². The van der Waals surface area contributed by atoms with Crippen molar-refractivity contribution in [2.75, 3.05) is 11.9 Å². The Kier molecular flexibility index (Phi) is 4.10. The molecule has 2 aromatic heterocycles. The van der Waals surface area contributed by atoms with Crippen LogP contribution in [-0.2, 0) is 6.54 Å². The number of rotatable bonds is 3. The molecular weight excluding hydrogens is 348 g/mol. The molecule has 0 bridgehead atoms. The fourth-order valence-corrected chi connectivity index (χ4v) is 3.10. The number of hydrogen-bond donors (Lipinski definition) is 0. The van der Waals surface area contributed by atoms with E-state index in [2.05, 4.69) is 20.9 Å². The van der Waals surface area contributed by atoms with Gasteiger partial charge in [-0.25, -0.2) is 0 Å². The van der Waals surface area contributed by atoms with Crippen LogP contribution in [0, 0.1) is 23.5 Å². The molecule has 0 aromatic carbocycles. The summed E-state index contributed by atoms with van der Waals surface area (Å²) >= 11 is 4.61. The van der Waals surface area contributed by atoms with Gasteiger partial charge in [-0.1, -0.05) is 0 Å². The van der Waals surface area contributed by atoms with E-state index in [4.69, 9.17) is 0 Å². The van der Waals surface area contributed by atoms with Gasteiger partial charge in [0.05, 0.1) is 10.3 Å². The molecule has 2 nitrogen and oxygen atoms in total. The van der Waals surface area contributed by atoms with Gasteiger partial charge in [0.1, 0.15) is 5.69 Å². The molecule has 0 N–H and O–H groups in total. The number of thiophene rings is 1. The molecule has 2 rings (SSSR count). The molecule has 2 heterocycles. The van der Waals surface area contributed by atoms with Crippen LogP contribution in [0.3, 0.4) is 0 Å². The molecule has 102 valence electrons. The fraction of sp³-hybridized carbons (Fsp3) is 0.182. The molecule has 0 saturated heterocycles. The van der Waals surface area contributed by atoms with Gasteiger partial charge in [0.25, 0.3) is 11.9 Å². The number of aromatic nitrogens is 1. The summed E-state index contributed by atoms with van der Waals surface area (Å²) in [6.45, 7) is 0.118. The third-order valence-electron chi connectivity index (χ3n) is 2.38. The Balaban J connectivity index is 2.36. The van der Waals surface area contributed by atoms with Crippen molar-refractivity contribution in [3.63, 3.8) is 0 Å². The van der Waals surface area contributed by atoms with Crippen LogP contribution in [0.4, 0.5) is 23.2 Å². The molecule has 2 aromatic rings. The molecule has 0 aliphatic rings. The van der Waals surface area contributed by atoms with Gasteiger partial charge in [-0.3, -0.25) is 0 Å². The molecule has 0 saturated carbocycles. The van der Waals surface area contributed by atoms with Gasteiger partial charge in [-0.15, -0.1) is 11.3 Å². The topological polar surface area (TPSA) is 16.1 Å². The summed E-state index contributed by atoms with van der Waals surface area (Å²) < 4.78 is 53.9. The van der Waals surface area contributed by atoms with Gasteiger partial charge >= 0.3 is 0 Å². The minimum Gasteiger partial charge on any atom is -0.364 e. The molecule has 19 heavy (non-hydrogen) atoms. The maximum atomic E-state index is 13.5. The van der Waals surface area contributed by atoms with Crippen LogP contribution in [0.25, 0.3) is 0 Å². The molecule has 0 amide bonds. The van der Waals surface area contributed by atoms with E-state index in [-0.39, 0.29) is 6.54 Å². The van der Waals surface area contributed by atoms with Crippen molar-refractivity contribution in [2.45, 2.75) is 6.54 Å². The molecule has 0 aliphatic carbocycles. The quantitative estimate of drug-likeness (QED) is 0.609. The largest absolute Gasteiger partial charge is 0.364 e. The van der Waals surface area contributed by atoms with Gasteiger partial charge in [-0.05, 0) is 28.1 Å². The summed E-state index contributed by atoms with van der Waals surface area (Å²) in [6.07, 6.45) is 0. The van der Waals surface area contributed by atoms with E-state index >= 15 is 0 Å². The maximum Gasteiger partial charge on any atom is 0.253 e. The van der Waals surface area contributed by atoms with Crippen molar-refractivity contribution in [2.24, 2.45) is 0 Å². The van der Waals surface area contributed by atoms with Crippen LogP contribution in [0.15, 0.2) is 15.9 Å². The third kappa shape index (κ3) is 2.89. The number of nitrogens with zero attached hydrogens (tertiary/aromatic N) is 2. The van der Waals surface area contributed by atoms with Crippen LogP contribution in [0.1, 0.15) is 4.88 Å². The van der Waals surface area contributed by atoms with Crippen molar-refractivity contribution in [3.8, 4) is 0 Å². The Morgan fingerprint density at radius 1 is 1.16 bits per heavy atom. The van der Waals surface area contributed by atoms with Crippen molar-refractivity contribution in [1.82, 2.24) is 4.98 Å². The Morgan fingerprint density at radius 3 is 2.21 bits per heavy atom. The van der Waals surface area contributed by atoms with E-state index in [9.17, 15) is 17.6 Å². The molecule has 0 aliphatic heterocycles. The minimum absolute atomic E-state index is 0.118. The standard InChI is InChI=1S/C11H7BrF4N2S/c1-18(4-5-2-3-6(12)19-5)9-7(13)10(15)17-11(16)8(9)14/h2-3H,4H2,1H3. The van der Waals surface area contributed by atoms with Crippen LogP contribution >= 0.6 is 27.3 Å². The SMILES string of the molecule is CN(Cc1ccc(Br)s1)c1c(F)c(F)nc(F)c1F. The fourth-order valence-electron chi connectivity index (χ4n) is 1.56. The van der Waals surface area contributed by atoms with Gasteiger partial charge < -0.3 is 4.90 Å². The normalized spacial score (nSPS) is 10.8. The summed E-state index contributed by atoms with van der Waals surface area (Å²) in [5, 5.41) is 0. The highest BCUT2D eigenvalue weighted by Crippen LogP contribution is 2.29. The summed E-state index contributed by atoms with van der Waals surface area (Å²) in [6, 6.07) is 3.52. The third-order valence-corrected chi connectivity index (χ3v) is 3.99. The highest BCUT2D eigenvalue weighted by molar-refractivity contribution is 9.11.